The lowest BCUT2D eigenvalue weighted by Gasteiger charge is -2.27. The second-order valence-corrected chi connectivity index (χ2v) is 5.85. The molecule has 1 atom stereocenters. The Balaban J connectivity index is 2.19. The minimum absolute atomic E-state index is 0.0612. The number of hydrogen-bond donors (Lipinski definition) is 1. The summed E-state index contributed by atoms with van der Waals surface area (Å²) in [5.74, 6) is -0.499. The van der Waals surface area contributed by atoms with Crippen LogP contribution < -0.4 is 14.4 Å². The molecule has 0 bridgehead atoms. The lowest BCUT2D eigenvalue weighted by atomic mass is 9.96. The number of carbonyl (C=O) groups excluding carboxylic acids is 2. The third kappa shape index (κ3) is 2.79. The highest BCUT2D eigenvalue weighted by Crippen LogP contribution is 2.42. The summed E-state index contributed by atoms with van der Waals surface area (Å²) in [6.07, 6.45) is 0. The van der Waals surface area contributed by atoms with E-state index in [9.17, 15) is 14.7 Å². The fourth-order valence-corrected chi connectivity index (χ4v) is 3.16. The fourth-order valence-electron chi connectivity index (χ4n) is 3.16. The Bertz CT molecular complexity index is 888. The predicted octanol–water partition coefficient (Wildman–Crippen LogP) is 3.19. The van der Waals surface area contributed by atoms with Crippen molar-refractivity contribution < 1.29 is 24.2 Å². The zero-order valence-electron chi connectivity index (χ0n) is 14.7. The van der Waals surface area contributed by atoms with Gasteiger partial charge in [0.2, 0.25) is 0 Å². The molecule has 0 aromatic heterocycles. The number of ether oxygens (including phenoxy) is 2. The first-order valence-corrected chi connectivity index (χ1v) is 8.04. The van der Waals surface area contributed by atoms with Crippen molar-refractivity contribution in [2.75, 3.05) is 19.1 Å². The van der Waals surface area contributed by atoms with Crippen molar-refractivity contribution in [2.45, 2.75) is 13.0 Å². The van der Waals surface area contributed by atoms with Gasteiger partial charge in [0.05, 0.1) is 25.8 Å². The molecule has 134 valence electrons. The number of amides is 1. The number of benzene rings is 2. The SMILES string of the molecule is COc1ccc(C2C(C(C)=O)=C(O)C(=O)N2c2ccccc2)cc1OC. The van der Waals surface area contributed by atoms with Crippen molar-refractivity contribution in [3.05, 3.63) is 65.4 Å². The molecule has 0 spiro atoms. The van der Waals surface area contributed by atoms with E-state index in [1.54, 1.807) is 42.5 Å². The maximum absolute atomic E-state index is 12.7. The standard InChI is InChI=1S/C20H19NO5/c1-12(22)17-18(13-9-10-15(25-2)16(11-13)26-3)21(20(24)19(17)23)14-7-5-4-6-8-14/h4-11,18,23H,1-3H3. The summed E-state index contributed by atoms with van der Waals surface area (Å²) in [7, 11) is 3.04. The first-order valence-electron chi connectivity index (χ1n) is 8.04. The number of rotatable bonds is 5. The number of para-hydroxylation sites is 1. The van der Waals surface area contributed by atoms with Crippen LogP contribution in [0.25, 0.3) is 0 Å². The van der Waals surface area contributed by atoms with E-state index in [-0.39, 0.29) is 11.4 Å². The Morgan fingerprint density at radius 1 is 1.04 bits per heavy atom. The Labute approximate surface area is 151 Å². The van der Waals surface area contributed by atoms with Gasteiger partial charge in [-0.1, -0.05) is 24.3 Å². The zero-order valence-corrected chi connectivity index (χ0v) is 14.7. The number of methoxy groups -OCH3 is 2. The van der Waals surface area contributed by atoms with Crippen LogP contribution in [0.3, 0.4) is 0 Å². The zero-order chi connectivity index (χ0) is 18.8. The smallest absolute Gasteiger partial charge is 0.294 e. The van der Waals surface area contributed by atoms with Crippen molar-refractivity contribution in [1.29, 1.82) is 0 Å². The molecule has 1 amide bonds. The fraction of sp³-hybridized carbons (Fsp3) is 0.200. The summed E-state index contributed by atoms with van der Waals surface area (Å²) in [6, 6.07) is 13.3. The van der Waals surface area contributed by atoms with Crippen molar-refractivity contribution in [2.24, 2.45) is 0 Å². The van der Waals surface area contributed by atoms with Gasteiger partial charge in [0.15, 0.2) is 23.0 Å². The number of nitrogens with zero attached hydrogens (tertiary/aromatic N) is 1. The van der Waals surface area contributed by atoms with Gasteiger partial charge in [-0.05, 0) is 36.8 Å². The predicted molar refractivity (Wildman–Crippen MR) is 96.6 cm³/mol. The molecule has 0 fully saturated rings. The first kappa shape index (κ1) is 17.5. The van der Waals surface area contributed by atoms with Crippen LogP contribution in [0.2, 0.25) is 0 Å². The van der Waals surface area contributed by atoms with E-state index < -0.39 is 17.7 Å². The highest BCUT2D eigenvalue weighted by Gasteiger charge is 2.43. The van der Waals surface area contributed by atoms with Gasteiger partial charge in [-0.25, -0.2) is 0 Å². The number of anilines is 1. The van der Waals surface area contributed by atoms with Crippen molar-refractivity contribution in [3.8, 4) is 11.5 Å². The van der Waals surface area contributed by atoms with Crippen LogP contribution >= 0.6 is 0 Å². The number of carbonyl (C=O) groups is 2. The average Bonchev–Trinajstić information content (AvgIpc) is 2.93. The van der Waals surface area contributed by atoms with E-state index in [1.165, 1.54) is 26.0 Å². The van der Waals surface area contributed by atoms with Crippen LogP contribution in [0.1, 0.15) is 18.5 Å². The van der Waals surface area contributed by atoms with Crippen molar-refractivity contribution in [3.63, 3.8) is 0 Å². The summed E-state index contributed by atoms with van der Waals surface area (Å²) >= 11 is 0. The largest absolute Gasteiger partial charge is 0.503 e. The second-order valence-electron chi connectivity index (χ2n) is 5.85. The third-order valence-corrected chi connectivity index (χ3v) is 4.35. The maximum atomic E-state index is 12.7. The molecule has 0 aliphatic carbocycles. The van der Waals surface area contributed by atoms with Gasteiger partial charge in [0.1, 0.15) is 0 Å². The second kappa shape index (κ2) is 6.92. The molecule has 6 nitrogen and oxygen atoms in total. The molecule has 1 N–H and O–H groups in total. The van der Waals surface area contributed by atoms with Crippen LogP contribution in [0.5, 0.6) is 11.5 Å². The summed E-state index contributed by atoms with van der Waals surface area (Å²) in [5, 5.41) is 10.3. The molecule has 6 heteroatoms. The monoisotopic (exact) mass is 353 g/mol. The summed E-state index contributed by atoms with van der Waals surface area (Å²) in [5.41, 5.74) is 1.28. The number of aliphatic hydroxyl groups excluding tert-OH is 1. The highest BCUT2D eigenvalue weighted by atomic mass is 16.5. The Morgan fingerprint density at radius 2 is 1.69 bits per heavy atom. The van der Waals surface area contributed by atoms with Crippen LogP contribution in [-0.2, 0) is 9.59 Å². The molecule has 3 rings (SSSR count). The molecule has 1 aliphatic rings. The molecule has 1 aliphatic heterocycles. The third-order valence-electron chi connectivity index (χ3n) is 4.35. The molecule has 1 heterocycles. The minimum atomic E-state index is -0.748. The van der Waals surface area contributed by atoms with Gasteiger partial charge >= 0.3 is 0 Å². The van der Waals surface area contributed by atoms with Gasteiger partial charge in [-0.2, -0.15) is 0 Å². The van der Waals surface area contributed by atoms with Crippen LogP contribution in [-0.4, -0.2) is 31.0 Å². The molecular formula is C20H19NO5. The summed E-state index contributed by atoms with van der Waals surface area (Å²) < 4.78 is 10.6. The van der Waals surface area contributed by atoms with Gasteiger partial charge < -0.3 is 14.6 Å². The van der Waals surface area contributed by atoms with E-state index in [1.807, 2.05) is 6.07 Å². The number of aliphatic hydroxyl groups is 1. The van der Waals surface area contributed by atoms with Crippen LogP contribution in [0.4, 0.5) is 5.69 Å². The normalized spacial score (nSPS) is 16.8. The molecule has 0 radical (unpaired) electrons. The Hall–Kier alpha value is -3.28. The van der Waals surface area contributed by atoms with E-state index in [0.29, 0.717) is 22.7 Å². The number of Topliss-reactive ketones (excluding diaryl/α,β-unsaturated/α-hetero) is 1. The van der Waals surface area contributed by atoms with E-state index in [4.69, 9.17) is 9.47 Å². The molecule has 0 saturated heterocycles. The number of ketones is 1. The molecule has 2 aromatic carbocycles. The lowest BCUT2D eigenvalue weighted by molar-refractivity contribution is -0.117. The topological polar surface area (TPSA) is 76.1 Å². The number of hydrogen-bond acceptors (Lipinski definition) is 5. The Kier molecular flexibility index (Phi) is 4.67. The van der Waals surface area contributed by atoms with Gasteiger partial charge in [0, 0.05) is 5.69 Å². The molecular weight excluding hydrogens is 334 g/mol. The van der Waals surface area contributed by atoms with Crippen LogP contribution in [0.15, 0.2) is 59.9 Å². The Morgan fingerprint density at radius 3 is 2.27 bits per heavy atom. The quantitative estimate of drug-likeness (QED) is 0.893. The van der Waals surface area contributed by atoms with Crippen molar-refractivity contribution >= 4 is 17.4 Å². The molecule has 1 unspecified atom stereocenters. The average molecular weight is 353 g/mol. The van der Waals surface area contributed by atoms with E-state index in [2.05, 4.69) is 0 Å². The van der Waals surface area contributed by atoms with Crippen LogP contribution in [0, 0.1) is 0 Å². The molecule has 26 heavy (non-hydrogen) atoms. The molecule has 2 aromatic rings. The first-order chi connectivity index (χ1) is 12.5. The molecule has 0 saturated carbocycles. The maximum Gasteiger partial charge on any atom is 0.294 e. The summed E-state index contributed by atoms with van der Waals surface area (Å²) in [6.45, 7) is 1.33. The lowest BCUT2D eigenvalue weighted by Crippen LogP contribution is -2.30. The van der Waals surface area contributed by atoms with Gasteiger partial charge in [-0.15, -0.1) is 0 Å². The van der Waals surface area contributed by atoms with E-state index >= 15 is 0 Å². The van der Waals surface area contributed by atoms with Crippen molar-refractivity contribution in [1.82, 2.24) is 0 Å². The van der Waals surface area contributed by atoms with Gasteiger partial charge in [0.25, 0.3) is 5.91 Å². The minimum Gasteiger partial charge on any atom is -0.503 e. The highest BCUT2D eigenvalue weighted by molar-refractivity contribution is 6.16. The van der Waals surface area contributed by atoms with Gasteiger partial charge in [-0.3, -0.25) is 14.5 Å². The van der Waals surface area contributed by atoms with E-state index in [0.717, 1.165) is 0 Å². The summed E-state index contributed by atoms with van der Waals surface area (Å²) in [4.78, 5) is 26.3.